The SMILES string of the molecule is CC(C)CC12CC(C(F)F)(C1)C2. The maximum atomic E-state index is 12.4. The van der Waals surface area contributed by atoms with E-state index in [9.17, 15) is 8.78 Å². The summed E-state index contributed by atoms with van der Waals surface area (Å²) in [5.41, 5.74) is -0.167. The van der Waals surface area contributed by atoms with Crippen LogP contribution in [0, 0.1) is 16.7 Å². The summed E-state index contributed by atoms with van der Waals surface area (Å²) in [5.74, 6) is 0.668. The predicted molar refractivity (Wildman–Crippen MR) is 44.2 cm³/mol. The minimum Gasteiger partial charge on any atom is -0.210 e. The van der Waals surface area contributed by atoms with Crippen LogP contribution in [0.1, 0.15) is 39.5 Å². The first kappa shape index (κ1) is 8.46. The molecule has 0 aliphatic heterocycles. The van der Waals surface area contributed by atoms with Crippen molar-refractivity contribution in [2.24, 2.45) is 16.7 Å². The summed E-state index contributed by atoms with van der Waals surface area (Å²) >= 11 is 0. The maximum Gasteiger partial charge on any atom is 0.244 e. The fraction of sp³-hybridized carbons (Fsp3) is 1.00. The lowest BCUT2D eigenvalue weighted by Crippen LogP contribution is -2.65. The summed E-state index contributed by atoms with van der Waals surface area (Å²) in [4.78, 5) is 0. The summed E-state index contributed by atoms with van der Waals surface area (Å²) in [6, 6.07) is 0. The van der Waals surface area contributed by atoms with Gasteiger partial charge in [-0.3, -0.25) is 0 Å². The molecule has 3 fully saturated rings. The van der Waals surface area contributed by atoms with Crippen LogP contribution in [0.2, 0.25) is 0 Å². The lowest BCUT2D eigenvalue weighted by molar-refractivity contribution is -0.272. The number of hydrogen-bond donors (Lipinski definition) is 0. The van der Waals surface area contributed by atoms with Crippen molar-refractivity contribution < 1.29 is 8.78 Å². The maximum absolute atomic E-state index is 12.4. The number of hydrogen-bond acceptors (Lipinski definition) is 0. The standard InChI is InChI=1S/C10H16F2/c1-7(2)3-9-4-10(5-9,6-9)8(11)12/h7-8H,3-6H2,1-2H3. The highest BCUT2D eigenvalue weighted by Gasteiger charge is 2.71. The van der Waals surface area contributed by atoms with Crippen molar-refractivity contribution in [3.8, 4) is 0 Å². The van der Waals surface area contributed by atoms with E-state index in [4.69, 9.17) is 0 Å². The van der Waals surface area contributed by atoms with Crippen molar-refractivity contribution in [3.05, 3.63) is 0 Å². The van der Waals surface area contributed by atoms with Gasteiger partial charge in [-0.15, -0.1) is 0 Å². The van der Waals surface area contributed by atoms with Crippen LogP contribution in [-0.2, 0) is 0 Å². The highest BCUT2D eigenvalue weighted by atomic mass is 19.3. The molecule has 3 saturated carbocycles. The van der Waals surface area contributed by atoms with E-state index in [1.807, 2.05) is 0 Å². The van der Waals surface area contributed by atoms with E-state index in [1.165, 1.54) is 0 Å². The van der Waals surface area contributed by atoms with Gasteiger partial charge in [0.15, 0.2) is 0 Å². The molecule has 0 unspecified atom stereocenters. The molecular weight excluding hydrogens is 158 g/mol. The molecular formula is C10H16F2. The Labute approximate surface area is 72.3 Å². The highest BCUT2D eigenvalue weighted by Crippen LogP contribution is 2.77. The molecule has 0 atom stereocenters. The van der Waals surface area contributed by atoms with Gasteiger partial charge in [0.2, 0.25) is 6.43 Å². The minimum atomic E-state index is -2.06. The fourth-order valence-electron chi connectivity index (χ4n) is 3.40. The van der Waals surface area contributed by atoms with E-state index in [2.05, 4.69) is 13.8 Å². The normalized spacial score (nSPS) is 44.5. The first-order chi connectivity index (χ1) is 5.48. The quantitative estimate of drug-likeness (QED) is 0.614. The van der Waals surface area contributed by atoms with E-state index in [-0.39, 0.29) is 0 Å². The third kappa shape index (κ3) is 0.929. The Kier molecular flexibility index (Phi) is 1.56. The van der Waals surface area contributed by atoms with Gasteiger partial charge >= 0.3 is 0 Å². The van der Waals surface area contributed by atoms with Crippen molar-refractivity contribution in [1.82, 2.24) is 0 Å². The van der Waals surface area contributed by atoms with Crippen molar-refractivity contribution in [3.63, 3.8) is 0 Å². The summed E-state index contributed by atoms with van der Waals surface area (Å²) in [6.45, 7) is 4.35. The number of halogens is 2. The Bertz CT molecular complexity index is 176. The van der Waals surface area contributed by atoms with Gasteiger partial charge in [-0.1, -0.05) is 13.8 Å². The molecule has 0 aromatic heterocycles. The Hall–Kier alpha value is -0.140. The second kappa shape index (κ2) is 2.21. The third-order valence-electron chi connectivity index (χ3n) is 3.49. The van der Waals surface area contributed by atoms with Crippen molar-refractivity contribution >= 4 is 0 Å². The predicted octanol–water partition coefficient (Wildman–Crippen LogP) is 3.47. The van der Waals surface area contributed by atoms with E-state index >= 15 is 0 Å². The Morgan fingerprint density at radius 2 is 1.67 bits per heavy atom. The molecule has 0 heterocycles. The molecule has 0 N–H and O–H groups in total. The first-order valence-electron chi connectivity index (χ1n) is 4.76. The zero-order chi connectivity index (χ0) is 8.98. The molecule has 0 amide bonds. The minimum absolute atomic E-state index is 0.352. The second-order valence-corrected chi connectivity index (χ2v) is 5.29. The largest absolute Gasteiger partial charge is 0.244 e. The van der Waals surface area contributed by atoms with Gasteiger partial charge in [0.1, 0.15) is 0 Å². The zero-order valence-electron chi connectivity index (χ0n) is 7.74. The van der Waals surface area contributed by atoms with Gasteiger partial charge < -0.3 is 0 Å². The van der Waals surface area contributed by atoms with Crippen molar-refractivity contribution in [2.75, 3.05) is 0 Å². The van der Waals surface area contributed by atoms with E-state index in [0.29, 0.717) is 11.3 Å². The summed E-state index contributed by atoms with van der Waals surface area (Å²) in [5, 5.41) is 0. The molecule has 3 aliphatic rings. The average molecular weight is 174 g/mol. The van der Waals surface area contributed by atoms with Crippen LogP contribution in [0.4, 0.5) is 8.78 Å². The van der Waals surface area contributed by atoms with Crippen LogP contribution in [0.5, 0.6) is 0 Å². The van der Waals surface area contributed by atoms with Crippen LogP contribution >= 0.6 is 0 Å². The first-order valence-corrected chi connectivity index (χ1v) is 4.76. The van der Waals surface area contributed by atoms with Crippen LogP contribution < -0.4 is 0 Å². The highest BCUT2D eigenvalue weighted by molar-refractivity contribution is 5.17. The third-order valence-corrected chi connectivity index (χ3v) is 3.49. The van der Waals surface area contributed by atoms with Crippen LogP contribution in [-0.4, -0.2) is 6.43 Å². The van der Waals surface area contributed by atoms with Gasteiger partial charge in [0.25, 0.3) is 0 Å². The lowest BCUT2D eigenvalue weighted by atomic mass is 9.34. The monoisotopic (exact) mass is 174 g/mol. The van der Waals surface area contributed by atoms with Crippen LogP contribution in [0.15, 0.2) is 0 Å². The van der Waals surface area contributed by atoms with Gasteiger partial charge in [-0.25, -0.2) is 8.78 Å². The summed E-state index contributed by atoms with van der Waals surface area (Å²) < 4.78 is 24.8. The van der Waals surface area contributed by atoms with E-state index in [1.54, 1.807) is 0 Å². The Morgan fingerprint density at radius 3 is 2.00 bits per heavy atom. The molecule has 0 spiro atoms. The summed E-state index contributed by atoms with van der Waals surface area (Å²) in [7, 11) is 0. The smallest absolute Gasteiger partial charge is 0.210 e. The van der Waals surface area contributed by atoms with Crippen molar-refractivity contribution in [1.29, 1.82) is 0 Å². The van der Waals surface area contributed by atoms with E-state index < -0.39 is 11.8 Å². The molecule has 2 heteroatoms. The molecule has 0 nitrogen and oxygen atoms in total. The Balaban J connectivity index is 1.87. The topological polar surface area (TPSA) is 0 Å². The second-order valence-electron chi connectivity index (χ2n) is 5.29. The fourth-order valence-corrected chi connectivity index (χ4v) is 3.40. The van der Waals surface area contributed by atoms with Gasteiger partial charge in [0.05, 0.1) is 0 Å². The summed E-state index contributed by atoms with van der Waals surface area (Å²) in [6.07, 6.45) is 1.50. The molecule has 3 aliphatic carbocycles. The number of alkyl halides is 2. The van der Waals surface area contributed by atoms with E-state index in [0.717, 1.165) is 25.7 Å². The molecule has 2 bridgehead atoms. The Morgan fingerprint density at radius 1 is 1.17 bits per heavy atom. The molecule has 70 valence electrons. The average Bonchev–Trinajstić information content (AvgIpc) is 1.72. The molecule has 12 heavy (non-hydrogen) atoms. The molecule has 0 saturated heterocycles. The molecule has 3 rings (SSSR count). The molecule has 0 aromatic carbocycles. The molecule has 0 radical (unpaired) electrons. The zero-order valence-corrected chi connectivity index (χ0v) is 7.74. The molecule has 0 aromatic rings. The van der Waals surface area contributed by atoms with Gasteiger partial charge in [-0.05, 0) is 37.0 Å². The lowest BCUT2D eigenvalue weighted by Gasteiger charge is -2.71. The van der Waals surface area contributed by atoms with Crippen molar-refractivity contribution in [2.45, 2.75) is 46.0 Å². The van der Waals surface area contributed by atoms with Crippen LogP contribution in [0.25, 0.3) is 0 Å². The van der Waals surface area contributed by atoms with Crippen LogP contribution in [0.3, 0.4) is 0 Å². The van der Waals surface area contributed by atoms with Gasteiger partial charge in [0, 0.05) is 5.41 Å². The van der Waals surface area contributed by atoms with Gasteiger partial charge in [-0.2, -0.15) is 0 Å². The number of rotatable bonds is 3.